The summed E-state index contributed by atoms with van der Waals surface area (Å²) in [4.78, 5) is 4.60. The fraction of sp³-hybridized carbons (Fsp3) is 0.632. The Balaban J connectivity index is 2.49. The number of methoxy groups -OCH3 is 1. The van der Waals surface area contributed by atoms with Crippen molar-refractivity contribution in [3.63, 3.8) is 0 Å². The minimum absolute atomic E-state index is 0.0561. The molecule has 0 aliphatic heterocycles. The van der Waals surface area contributed by atoms with Gasteiger partial charge in [0.05, 0.1) is 13.7 Å². The Labute approximate surface area is 152 Å². The topological polar surface area (TPSA) is 66.9 Å². The average molecular weight is 351 g/mol. The highest BCUT2D eigenvalue weighted by molar-refractivity contribution is 5.79. The molecule has 1 aromatic rings. The molecule has 1 atom stereocenters. The highest BCUT2D eigenvalue weighted by Crippen LogP contribution is 2.26. The van der Waals surface area contributed by atoms with E-state index in [9.17, 15) is 0 Å². The summed E-state index contributed by atoms with van der Waals surface area (Å²) in [6.45, 7) is 13.6. The number of nitrogens with one attached hydrogen (secondary N) is 3. The van der Waals surface area contributed by atoms with Crippen LogP contribution in [0.4, 0.5) is 0 Å². The summed E-state index contributed by atoms with van der Waals surface area (Å²) < 4.78 is 11.2. The molecule has 142 valence electrons. The van der Waals surface area contributed by atoms with Crippen molar-refractivity contribution >= 4 is 5.96 Å². The van der Waals surface area contributed by atoms with Gasteiger partial charge >= 0.3 is 0 Å². The first-order valence-electron chi connectivity index (χ1n) is 8.92. The number of hydrogen-bond acceptors (Lipinski definition) is 4. The van der Waals surface area contributed by atoms with Gasteiger partial charge in [0.15, 0.2) is 17.5 Å². The van der Waals surface area contributed by atoms with Crippen LogP contribution < -0.4 is 25.4 Å². The number of hydrogen-bond donors (Lipinski definition) is 3. The molecule has 1 rings (SSSR count). The Morgan fingerprint density at radius 2 is 1.80 bits per heavy atom. The second kappa shape index (κ2) is 10.8. The SMILES string of the molecule is CCNC(=NCC(C)Oc1ccccc1OC)NCCNC(C)(C)C. The maximum atomic E-state index is 5.94. The first kappa shape index (κ1) is 21.1. The molecule has 0 aromatic heterocycles. The number of ether oxygens (including phenoxy) is 2. The molecular formula is C19H34N4O2. The summed E-state index contributed by atoms with van der Waals surface area (Å²) in [5, 5.41) is 10.0. The second-order valence-corrected chi connectivity index (χ2v) is 6.90. The normalized spacial score (nSPS) is 13.3. The van der Waals surface area contributed by atoms with E-state index in [1.54, 1.807) is 7.11 Å². The van der Waals surface area contributed by atoms with E-state index in [1.807, 2.05) is 31.2 Å². The molecule has 0 amide bonds. The van der Waals surface area contributed by atoms with Gasteiger partial charge in [0, 0.05) is 25.2 Å². The molecule has 25 heavy (non-hydrogen) atoms. The van der Waals surface area contributed by atoms with E-state index in [0.29, 0.717) is 6.54 Å². The van der Waals surface area contributed by atoms with E-state index in [-0.39, 0.29) is 11.6 Å². The third kappa shape index (κ3) is 9.19. The molecule has 0 fully saturated rings. The molecule has 0 bridgehead atoms. The van der Waals surface area contributed by atoms with Crippen molar-refractivity contribution < 1.29 is 9.47 Å². The Kier molecular flexibility index (Phi) is 9.13. The zero-order valence-electron chi connectivity index (χ0n) is 16.5. The van der Waals surface area contributed by atoms with Crippen molar-refractivity contribution in [1.29, 1.82) is 0 Å². The zero-order chi connectivity index (χ0) is 18.7. The van der Waals surface area contributed by atoms with E-state index in [4.69, 9.17) is 9.47 Å². The van der Waals surface area contributed by atoms with Crippen molar-refractivity contribution in [1.82, 2.24) is 16.0 Å². The molecule has 0 heterocycles. The predicted octanol–water partition coefficient (Wildman–Crippen LogP) is 2.41. The molecule has 0 aliphatic carbocycles. The van der Waals surface area contributed by atoms with Crippen LogP contribution in [0, 0.1) is 0 Å². The minimum atomic E-state index is -0.0561. The molecular weight excluding hydrogens is 316 g/mol. The van der Waals surface area contributed by atoms with E-state index < -0.39 is 0 Å². The lowest BCUT2D eigenvalue weighted by molar-refractivity contribution is 0.219. The molecule has 0 radical (unpaired) electrons. The van der Waals surface area contributed by atoms with Gasteiger partial charge in [-0.3, -0.25) is 0 Å². The second-order valence-electron chi connectivity index (χ2n) is 6.90. The van der Waals surface area contributed by atoms with E-state index >= 15 is 0 Å². The van der Waals surface area contributed by atoms with E-state index in [0.717, 1.165) is 37.1 Å². The van der Waals surface area contributed by atoms with Crippen LogP contribution in [0.15, 0.2) is 29.3 Å². The summed E-state index contributed by atoms with van der Waals surface area (Å²) in [7, 11) is 1.64. The van der Waals surface area contributed by atoms with Gasteiger partial charge in [-0.1, -0.05) is 12.1 Å². The molecule has 1 aromatic carbocycles. The largest absolute Gasteiger partial charge is 0.493 e. The van der Waals surface area contributed by atoms with Crippen molar-refractivity contribution in [2.45, 2.75) is 46.3 Å². The van der Waals surface area contributed by atoms with Crippen LogP contribution in [0.5, 0.6) is 11.5 Å². The molecule has 0 spiro atoms. The third-order valence-corrected chi connectivity index (χ3v) is 3.32. The lowest BCUT2D eigenvalue weighted by Gasteiger charge is -2.21. The summed E-state index contributed by atoms with van der Waals surface area (Å²) >= 11 is 0. The third-order valence-electron chi connectivity index (χ3n) is 3.32. The first-order valence-corrected chi connectivity index (χ1v) is 8.92. The summed E-state index contributed by atoms with van der Waals surface area (Å²) in [6, 6.07) is 7.65. The predicted molar refractivity (Wildman–Crippen MR) is 105 cm³/mol. The number of benzene rings is 1. The van der Waals surface area contributed by atoms with Gasteiger partial charge in [0.2, 0.25) is 0 Å². The molecule has 0 saturated heterocycles. The lowest BCUT2D eigenvalue weighted by Crippen LogP contribution is -2.44. The Hall–Kier alpha value is -1.95. The average Bonchev–Trinajstić information content (AvgIpc) is 2.56. The van der Waals surface area contributed by atoms with Gasteiger partial charge in [0.25, 0.3) is 0 Å². The van der Waals surface area contributed by atoms with Crippen LogP contribution in [-0.4, -0.2) is 50.9 Å². The molecule has 1 unspecified atom stereocenters. The van der Waals surface area contributed by atoms with Crippen molar-refractivity contribution in [2.24, 2.45) is 4.99 Å². The molecule has 6 nitrogen and oxygen atoms in total. The summed E-state index contributed by atoms with van der Waals surface area (Å²) in [5.74, 6) is 2.27. The number of aliphatic imine (C=N–C) groups is 1. The zero-order valence-corrected chi connectivity index (χ0v) is 16.5. The fourth-order valence-electron chi connectivity index (χ4n) is 2.15. The van der Waals surface area contributed by atoms with Gasteiger partial charge in [-0.2, -0.15) is 0 Å². The Morgan fingerprint density at radius 1 is 1.12 bits per heavy atom. The highest BCUT2D eigenvalue weighted by atomic mass is 16.5. The van der Waals surface area contributed by atoms with Crippen LogP contribution in [0.25, 0.3) is 0 Å². The first-order chi connectivity index (χ1) is 11.9. The fourth-order valence-corrected chi connectivity index (χ4v) is 2.15. The van der Waals surface area contributed by atoms with Crippen molar-refractivity contribution in [2.75, 3.05) is 33.3 Å². The van der Waals surface area contributed by atoms with Gasteiger partial charge in [0.1, 0.15) is 6.10 Å². The molecule has 3 N–H and O–H groups in total. The molecule has 6 heteroatoms. The molecule has 0 aliphatic rings. The van der Waals surface area contributed by atoms with Crippen molar-refractivity contribution in [3.8, 4) is 11.5 Å². The smallest absolute Gasteiger partial charge is 0.191 e. The highest BCUT2D eigenvalue weighted by Gasteiger charge is 2.09. The minimum Gasteiger partial charge on any atom is -0.493 e. The van der Waals surface area contributed by atoms with Crippen LogP contribution in [0.2, 0.25) is 0 Å². The lowest BCUT2D eigenvalue weighted by atomic mass is 10.1. The van der Waals surface area contributed by atoms with Gasteiger partial charge < -0.3 is 25.4 Å². The number of nitrogens with zero attached hydrogens (tertiary/aromatic N) is 1. The van der Waals surface area contributed by atoms with Crippen LogP contribution in [-0.2, 0) is 0 Å². The Morgan fingerprint density at radius 3 is 2.40 bits per heavy atom. The quantitative estimate of drug-likeness (QED) is 0.363. The maximum absolute atomic E-state index is 5.94. The van der Waals surface area contributed by atoms with E-state index in [2.05, 4.69) is 48.6 Å². The van der Waals surface area contributed by atoms with Crippen LogP contribution in [0.3, 0.4) is 0 Å². The van der Waals surface area contributed by atoms with Gasteiger partial charge in [-0.25, -0.2) is 4.99 Å². The van der Waals surface area contributed by atoms with Gasteiger partial charge in [-0.15, -0.1) is 0 Å². The van der Waals surface area contributed by atoms with Crippen LogP contribution >= 0.6 is 0 Å². The van der Waals surface area contributed by atoms with Gasteiger partial charge in [-0.05, 0) is 46.8 Å². The monoisotopic (exact) mass is 350 g/mol. The molecule has 0 saturated carbocycles. The maximum Gasteiger partial charge on any atom is 0.191 e. The Bertz CT molecular complexity index is 526. The number of para-hydroxylation sites is 2. The summed E-state index contributed by atoms with van der Waals surface area (Å²) in [6.07, 6.45) is -0.0561. The summed E-state index contributed by atoms with van der Waals surface area (Å²) in [5.41, 5.74) is 0.119. The van der Waals surface area contributed by atoms with Crippen LogP contribution in [0.1, 0.15) is 34.6 Å². The standard InChI is InChI=1S/C19H34N4O2/c1-7-20-18(21-12-13-23-19(3,4)5)22-14-15(2)25-17-11-9-8-10-16(17)24-6/h8-11,15,23H,7,12-14H2,1-6H3,(H2,20,21,22). The number of rotatable bonds is 9. The van der Waals surface area contributed by atoms with E-state index in [1.165, 1.54) is 0 Å². The number of guanidine groups is 1. The van der Waals surface area contributed by atoms with Crippen molar-refractivity contribution in [3.05, 3.63) is 24.3 Å².